The van der Waals surface area contributed by atoms with Crippen LogP contribution in [-0.2, 0) is 9.47 Å². The van der Waals surface area contributed by atoms with Gasteiger partial charge in [-0.15, -0.1) is 0 Å². The topological polar surface area (TPSA) is 67.8 Å². The van der Waals surface area contributed by atoms with Crippen LogP contribution in [0.15, 0.2) is 0 Å². The zero-order valence-corrected chi connectivity index (χ0v) is 12.4. The van der Waals surface area contributed by atoms with E-state index in [9.17, 15) is 9.90 Å². The second-order valence-electron chi connectivity index (χ2n) is 5.65. The fraction of sp³-hybridized carbons (Fsp3) is 0.923. The molecule has 0 rings (SSSR count). The Balaban J connectivity index is 4.63. The Morgan fingerprint density at radius 1 is 1.33 bits per heavy atom. The molecule has 0 fully saturated rings. The number of nitrogens with one attached hydrogen (secondary N) is 1. The van der Waals surface area contributed by atoms with Crippen LogP contribution in [-0.4, -0.2) is 42.2 Å². The lowest BCUT2D eigenvalue weighted by atomic mass is 9.91. The van der Waals surface area contributed by atoms with Crippen LogP contribution in [0.5, 0.6) is 0 Å². The number of aliphatic hydroxyl groups is 1. The summed E-state index contributed by atoms with van der Waals surface area (Å²) < 4.78 is 10.6. The molecule has 2 atom stereocenters. The summed E-state index contributed by atoms with van der Waals surface area (Å²) in [6, 6.07) is -0.489. The molecule has 2 unspecified atom stereocenters. The second kappa shape index (κ2) is 6.95. The standard InChI is InChI=1S/C13H27NO4/c1-7-8-13(5,17-6)10(9-15)14-11(16)18-12(2,3)4/h10,15H,7-9H2,1-6H3,(H,14,16). The van der Waals surface area contributed by atoms with E-state index in [4.69, 9.17) is 9.47 Å². The maximum absolute atomic E-state index is 11.7. The van der Waals surface area contributed by atoms with Gasteiger partial charge in [0, 0.05) is 7.11 Å². The molecule has 1 amide bonds. The van der Waals surface area contributed by atoms with Crippen LogP contribution in [0, 0.1) is 0 Å². The lowest BCUT2D eigenvalue weighted by Crippen LogP contribution is -2.55. The van der Waals surface area contributed by atoms with E-state index in [1.807, 2.05) is 13.8 Å². The molecule has 0 saturated carbocycles. The van der Waals surface area contributed by atoms with Gasteiger partial charge in [0.1, 0.15) is 5.60 Å². The minimum absolute atomic E-state index is 0.191. The van der Waals surface area contributed by atoms with E-state index in [1.54, 1.807) is 27.9 Å². The highest BCUT2D eigenvalue weighted by Crippen LogP contribution is 2.21. The van der Waals surface area contributed by atoms with Crippen molar-refractivity contribution in [1.29, 1.82) is 0 Å². The number of alkyl carbamates (subject to hydrolysis) is 1. The second-order valence-corrected chi connectivity index (χ2v) is 5.65. The molecule has 0 aromatic rings. The summed E-state index contributed by atoms with van der Waals surface area (Å²) in [6.07, 6.45) is 1.10. The van der Waals surface area contributed by atoms with Crippen LogP contribution >= 0.6 is 0 Å². The molecule has 0 saturated heterocycles. The van der Waals surface area contributed by atoms with Crippen LogP contribution in [0.3, 0.4) is 0 Å². The first kappa shape index (κ1) is 17.2. The smallest absolute Gasteiger partial charge is 0.408 e. The average molecular weight is 261 g/mol. The van der Waals surface area contributed by atoms with Crippen molar-refractivity contribution in [2.24, 2.45) is 0 Å². The summed E-state index contributed by atoms with van der Waals surface area (Å²) in [6.45, 7) is 9.09. The highest BCUT2D eigenvalue weighted by atomic mass is 16.6. The third-order valence-electron chi connectivity index (χ3n) is 2.82. The number of amides is 1. The van der Waals surface area contributed by atoms with Gasteiger partial charge in [0.15, 0.2) is 0 Å². The van der Waals surface area contributed by atoms with E-state index in [0.717, 1.165) is 12.8 Å². The molecular weight excluding hydrogens is 234 g/mol. The number of rotatable bonds is 6. The summed E-state index contributed by atoms with van der Waals surface area (Å²) in [5.41, 5.74) is -1.15. The van der Waals surface area contributed by atoms with E-state index in [1.165, 1.54) is 0 Å². The molecule has 2 N–H and O–H groups in total. The first-order chi connectivity index (χ1) is 8.18. The van der Waals surface area contributed by atoms with Gasteiger partial charge in [-0.1, -0.05) is 13.3 Å². The predicted octanol–water partition coefficient (Wildman–Crippen LogP) is 2.08. The van der Waals surface area contributed by atoms with Crippen molar-refractivity contribution >= 4 is 6.09 Å². The van der Waals surface area contributed by atoms with Crippen molar-refractivity contribution < 1.29 is 19.4 Å². The Hall–Kier alpha value is -0.810. The van der Waals surface area contributed by atoms with Gasteiger partial charge in [0.2, 0.25) is 0 Å². The van der Waals surface area contributed by atoms with E-state index in [0.29, 0.717) is 0 Å². The number of ether oxygens (including phenoxy) is 2. The Bertz CT molecular complexity index is 262. The van der Waals surface area contributed by atoms with Crippen LogP contribution in [0.2, 0.25) is 0 Å². The number of hydrogen-bond donors (Lipinski definition) is 2. The molecular formula is C13H27NO4. The van der Waals surface area contributed by atoms with Crippen LogP contribution in [0.4, 0.5) is 4.79 Å². The summed E-state index contributed by atoms with van der Waals surface area (Å²) in [5.74, 6) is 0. The summed E-state index contributed by atoms with van der Waals surface area (Å²) in [7, 11) is 1.58. The molecule has 0 spiro atoms. The van der Waals surface area contributed by atoms with E-state index in [2.05, 4.69) is 5.32 Å². The van der Waals surface area contributed by atoms with Crippen LogP contribution in [0.1, 0.15) is 47.5 Å². The van der Waals surface area contributed by atoms with Crippen molar-refractivity contribution in [1.82, 2.24) is 5.32 Å². The predicted molar refractivity (Wildman–Crippen MR) is 70.6 cm³/mol. The van der Waals surface area contributed by atoms with Gasteiger partial charge in [-0.2, -0.15) is 0 Å². The largest absolute Gasteiger partial charge is 0.444 e. The summed E-state index contributed by atoms with van der Waals surface area (Å²) >= 11 is 0. The van der Waals surface area contributed by atoms with E-state index < -0.39 is 23.3 Å². The Morgan fingerprint density at radius 2 is 1.89 bits per heavy atom. The van der Waals surface area contributed by atoms with Gasteiger partial charge >= 0.3 is 6.09 Å². The van der Waals surface area contributed by atoms with E-state index >= 15 is 0 Å². The molecule has 108 valence electrons. The maximum Gasteiger partial charge on any atom is 0.408 e. The fourth-order valence-corrected chi connectivity index (χ4v) is 1.76. The Kier molecular flexibility index (Phi) is 6.63. The highest BCUT2D eigenvalue weighted by Gasteiger charge is 2.35. The van der Waals surface area contributed by atoms with Crippen LogP contribution < -0.4 is 5.32 Å². The molecule has 0 aliphatic rings. The van der Waals surface area contributed by atoms with Crippen LogP contribution in [0.25, 0.3) is 0 Å². The zero-order valence-electron chi connectivity index (χ0n) is 12.4. The van der Waals surface area contributed by atoms with Gasteiger partial charge in [-0.3, -0.25) is 0 Å². The SMILES string of the molecule is CCCC(C)(OC)C(CO)NC(=O)OC(C)(C)C. The first-order valence-corrected chi connectivity index (χ1v) is 6.34. The van der Waals surface area contributed by atoms with Gasteiger partial charge < -0.3 is 19.9 Å². The molecule has 5 heteroatoms. The fourth-order valence-electron chi connectivity index (χ4n) is 1.76. The van der Waals surface area contributed by atoms with Crippen molar-refractivity contribution in [2.75, 3.05) is 13.7 Å². The summed E-state index contributed by atoms with van der Waals surface area (Å²) in [5, 5.41) is 12.1. The average Bonchev–Trinajstić information content (AvgIpc) is 2.23. The van der Waals surface area contributed by atoms with Crippen molar-refractivity contribution in [2.45, 2.75) is 64.7 Å². The van der Waals surface area contributed by atoms with Crippen molar-refractivity contribution in [3.63, 3.8) is 0 Å². The first-order valence-electron chi connectivity index (χ1n) is 6.34. The van der Waals surface area contributed by atoms with Gasteiger partial charge in [0.05, 0.1) is 18.2 Å². The molecule has 0 aromatic carbocycles. The zero-order chi connectivity index (χ0) is 14.4. The number of methoxy groups -OCH3 is 1. The molecule has 0 heterocycles. The highest BCUT2D eigenvalue weighted by molar-refractivity contribution is 5.68. The maximum atomic E-state index is 11.7. The molecule has 0 aromatic heterocycles. The molecule has 5 nitrogen and oxygen atoms in total. The molecule has 0 radical (unpaired) electrons. The quantitative estimate of drug-likeness (QED) is 0.768. The number of hydrogen-bond acceptors (Lipinski definition) is 4. The number of carbonyl (C=O) groups excluding carboxylic acids is 1. The normalized spacial score (nSPS) is 16.8. The number of carbonyl (C=O) groups is 1. The van der Waals surface area contributed by atoms with E-state index in [-0.39, 0.29) is 6.61 Å². The lowest BCUT2D eigenvalue weighted by molar-refractivity contribution is -0.0492. The molecule has 0 bridgehead atoms. The third-order valence-corrected chi connectivity index (χ3v) is 2.82. The van der Waals surface area contributed by atoms with Gasteiger partial charge in [0.25, 0.3) is 0 Å². The Morgan fingerprint density at radius 3 is 2.22 bits per heavy atom. The van der Waals surface area contributed by atoms with Gasteiger partial charge in [-0.25, -0.2) is 4.79 Å². The minimum Gasteiger partial charge on any atom is -0.444 e. The molecule has 0 aliphatic carbocycles. The van der Waals surface area contributed by atoms with Crippen molar-refractivity contribution in [3.8, 4) is 0 Å². The van der Waals surface area contributed by atoms with Crippen molar-refractivity contribution in [3.05, 3.63) is 0 Å². The van der Waals surface area contributed by atoms with Gasteiger partial charge in [-0.05, 0) is 34.1 Å². The third kappa shape index (κ3) is 5.69. The monoisotopic (exact) mass is 261 g/mol. The number of aliphatic hydroxyl groups excluding tert-OH is 1. The Labute approximate surface area is 110 Å². The molecule has 0 aliphatic heterocycles. The lowest BCUT2D eigenvalue weighted by Gasteiger charge is -2.36. The summed E-state index contributed by atoms with van der Waals surface area (Å²) in [4.78, 5) is 11.7. The minimum atomic E-state index is -0.597. The molecule has 18 heavy (non-hydrogen) atoms.